The van der Waals surface area contributed by atoms with Crippen molar-refractivity contribution in [1.29, 1.82) is 0 Å². The molecule has 8 aromatic rings. The summed E-state index contributed by atoms with van der Waals surface area (Å²) in [5, 5.41) is 19.4. The number of hydrogen-bond donors (Lipinski definition) is 3. The van der Waals surface area contributed by atoms with E-state index in [1.807, 2.05) is 72.8 Å². The summed E-state index contributed by atoms with van der Waals surface area (Å²) in [7, 11) is 0. The van der Waals surface area contributed by atoms with Crippen LogP contribution in [0.5, 0.6) is 0 Å². The number of pyridine rings is 1. The maximum atomic E-state index is 13.5. The molecule has 8 rings (SSSR count). The van der Waals surface area contributed by atoms with Gasteiger partial charge in [-0.1, -0.05) is 121 Å². The van der Waals surface area contributed by atoms with Gasteiger partial charge in [-0.25, -0.2) is 9.67 Å². The maximum Gasteiger partial charge on any atom is 0.287 e. The van der Waals surface area contributed by atoms with Gasteiger partial charge in [0.15, 0.2) is 5.82 Å². The molecular formula is C42H34N6O2. The quantitative estimate of drug-likeness (QED) is 0.136. The number of carbonyl (C=O) groups excluding carboxylic acids is 1. The van der Waals surface area contributed by atoms with Gasteiger partial charge in [0.25, 0.3) is 5.91 Å². The Labute approximate surface area is 289 Å². The van der Waals surface area contributed by atoms with E-state index in [0.717, 1.165) is 44.4 Å². The van der Waals surface area contributed by atoms with Crippen molar-refractivity contribution in [2.24, 2.45) is 0 Å². The summed E-state index contributed by atoms with van der Waals surface area (Å²) in [5.41, 5.74) is 7.14. The van der Waals surface area contributed by atoms with Crippen molar-refractivity contribution in [2.45, 2.75) is 18.0 Å². The van der Waals surface area contributed by atoms with Gasteiger partial charge in [-0.3, -0.25) is 9.78 Å². The highest BCUT2D eigenvalue weighted by atomic mass is 16.3. The fourth-order valence-corrected chi connectivity index (χ4v) is 6.92. The van der Waals surface area contributed by atoms with Gasteiger partial charge in [-0.05, 0) is 52.9 Å². The Bertz CT molecular complexity index is 2280. The van der Waals surface area contributed by atoms with E-state index >= 15 is 0 Å². The molecule has 244 valence electrons. The summed E-state index contributed by atoms with van der Waals surface area (Å²) >= 11 is 0. The topological polar surface area (TPSA) is 109 Å². The standard InChI is InChI=1S/C42H34N6O2/c49-28-34(25-29-13-5-1-6-14-29)44-41(50)40-45-36-26-35-38(27-37(36)46-40)48(47-39(35)30-21-23-43-24-22-30)42(31-15-7-2-8-16-31,32-17-9-3-10-18-32)33-19-11-4-12-20-33/h1-24,26-27,34,49H,25,28H2,(H,44,50)(H,45,46). The second kappa shape index (κ2) is 13.3. The molecule has 0 saturated heterocycles. The van der Waals surface area contributed by atoms with Crippen LogP contribution in [0.25, 0.3) is 33.2 Å². The van der Waals surface area contributed by atoms with E-state index in [1.165, 1.54) is 0 Å². The van der Waals surface area contributed by atoms with Crippen LogP contribution in [-0.2, 0) is 12.0 Å². The highest BCUT2D eigenvalue weighted by Gasteiger charge is 2.41. The van der Waals surface area contributed by atoms with E-state index in [2.05, 4.69) is 92.8 Å². The van der Waals surface area contributed by atoms with Gasteiger partial charge in [0.05, 0.1) is 29.2 Å². The second-order valence-electron chi connectivity index (χ2n) is 12.3. The SMILES string of the molecule is O=C(NC(CO)Cc1ccccc1)c1nc2cc3c(-c4ccncc4)nn(C(c4ccccc4)(c4ccccc4)c4ccccc4)c3cc2[nH]1. The average molecular weight is 655 g/mol. The minimum atomic E-state index is -0.868. The van der Waals surface area contributed by atoms with Gasteiger partial charge in [-0.2, -0.15) is 5.10 Å². The predicted molar refractivity (Wildman–Crippen MR) is 196 cm³/mol. The Kier molecular flexibility index (Phi) is 8.20. The largest absolute Gasteiger partial charge is 0.394 e. The lowest BCUT2D eigenvalue weighted by molar-refractivity contribution is 0.0907. The van der Waals surface area contributed by atoms with Crippen molar-refractivity contribution < 1.29 is 9.90 Å². The van der Waals surface area contributed by atoms with Crippen LogP contribution in [0.2, 0.25) is 0 Å². The summed E-state index contributed by atoms with van der Waals surface area (Å²) in [4.78, 5) is 25.8. The third-order valence-corrected chi connectivity index (χ3v) is 9.22. The molecule has 0 fully saturated rings. The number of benzene rings is 5. The van der Waals surface area contributed by atoms with Gasteiger partial charge in [0.1, 0.15) is 11.2 Å². The number of rotatable bonds is 10. The van der Waals surface area contributed by atoms with Crippen molar-refractivity contribution in [1.82, 2.24) is 30.0 Å². The summed E-state index contributed by atoms with van der Waals surface area (Å²) in [5.74, 6) is -0.215. The molecule has 5 aromatic carbocycles. The highest BCUT2D eigenvalue weighted by molar-refractivity contribution is 6.03. The number of amides is 1. The number of aromatic amines is 1. The van der Waals surface area contributed by atoms with Crippen LogP contribution >= 0.6 is 0 Å². The molecule has 0 saturated carbocycles. The summed E-state index contributed by atoms with van der Waals surface area (Å²) in [6.45, 7) is -0.198. The molecule has 0 aliphatic rings. The molecule has 0 bridgehead atoms. The van der Waals surface area contributed by atoms with Gasteiger partial charge in [-0.15, -0.1) is 0 Å². The van der Waals surface area contributed by atoms with Crippen LogP contribution < -0.4 is 5.32 Å². The monoisotopic (exact) mass is 654 g/mol. The highest BCUT2D eigenvalue weighted by Crippen LogP contribution is 2.44. The Morgan fingerprint density at radius 3 is 1.88 bits per heavy atom. The summed E-state index contributed by atoms with van der Waals surface area (Å²) in [6, 6.07) is 48.5. The van der Waals surface area contributed by atoms with Crippen molar-refractivity contribution in [3.8, 4) is 11.3 Å². The number of imidazole rings is 1. The number of aliphatic hydroxyl groups is 1. The van der Waals surface area contributed by atoms with Crippen molar-refractivity contribution >= 4 is 27.8 Å². The zero-order valence-electron chi connectivity index (χ0n) is 27.1. The molecule has 1 atom stereocenters. The fraction of sp³-hybridized carbons (Fsp3) is 0.0952. The average Bonchev–Trinajstić information content (AvgIpc) is 3.78. The molecule has 0 radical (unpaired) electrons. The van der Waals surface area contributed by atoms with E-state index in [1.54, 1.807) is 12.4 Å². The molecule has 8 nitrogen and oxygen atoms in total. The van der Waals surface area contributed by atoms with E-state index in [4.69, 9.17) is 10.1 Å². The first-order valence-electron chi connectivity index (χ1n) is 16.6. The van der Waals surface area contributed by atoms with Crippen molar-refractivity contribution in [3.05, 3.63) is 186 Å². The number of H-pyrrole nitrogens is 1. The molecule has 1 amide bonds. The number of nitrogens with zero attached hydrogens (tertiary/aromatic N) is 4. The fourth-order valence-electron chi connectivity index (χ4n) is 6.92. The molecule has 3 aromatic heterocycles. The Morgan fingerprint density at radius 1 is 0.760 bits per heavy atom. The lowest BCUT2D eigenvalue weighted by Crippen LogP contribution is -2.39. The van der Waals surface area contributed by atoms with Crippen LogP contribution in [0.15, 0.2) is 158 Å². The lowest BCUT2D eigenvalue weighted by Gasteiger charge is -2.37. The van der Waals surface area contributed by atoms with E-state index in [-0.39, 0.29) is 18.3 Å². The molecule has 1 unspecified atom stereocenters. The molecule has 8 heteroatoms. The number of aromatic nitrogens is 5. The molecule has 3 heterocycles. The van der Waals surface area contributed by atoms with Gasteiger partial charge in [0, 0.05) is 23.3 Å². The first-order valence-corrected chi connectivity index (χ1v) is 16.6. The molecule has 50 heavy (non-hydrogen) atoms. The molecular weight excluding hydrogens is 621 g/mol. The normalized spacial score (nSPS) is 12.3. The summed E-state index contributed by atoms with van der Waals surface area (Å²) < 4.78 is 2.11. The third kappa shape index (κ3) is 5.51. The number of aliphatic hydroxyl groups excluding tert-OH is 1. The van der Waals surface area contributed by atoms with Crippen molar-refractivity contribution in [2.75, 3.05) is 6.61 Å². The van der Waals surface area contributed by atoms with Gasteiger partial charge >= 0.3 is 0 Å². The Balaban J connectivity index is 1.34. The number of fused-ring (bicyclic) bond motifs is 2. The predicted octanol–water partition coefficient (Wildman–Crippen LogP) is 7.15. The smallest absolute Gasteiger partial charge is 0.287 e. The lowest BCUT2D eigenvalue weighted by atomic mass is 9.77. The van der Waals surface area contributed by atoms with Gasteiger partial charge < -0.3 is 15.4 Å². The Hall–Kier alpha value is -6.38. The van der Waals surface area contributed by atoms with Crippen LogP contribution in [0.3, 0.4) is 0 Å². The van der Waals surface area contributed by atoms with Gasteiger partial charge in [0.2, 0.25) is 0 Å². The Morgan fingerprint density at radius 2 is 1.32 bits per heavy atom. The summed E-state index contributed by atoms with van der Waals surface area (Å²) in [6.07, 6.45) is 4.03. The minimum absolute atomic E-state index is 0.171. The zero-order chi connectivity index (χ0) is 33.9. The van der Waals surface area contributed by atoms with Crippen LogP contribution in [0.1, 0.15) is 32.9 Å². The van der Waals surface area contributed by atoms with E-state index < -0.39 is 11.6 Å². The number of hydrogen-bond acceptors (Lipinski definition) is 5. The zero-order valence-corrected chi connectivity index (χ0v) is 27.1. The third-order valence-electron chi connectivity index (χ3n) is 9.22. The number of carbonyl (C=O) groups is 1. The van der Waals surface area contributed by atoms with Crippen LogP contribution in [-0.4, -0.2) is 48.4 Å². The molecule has 0 spiro atoms. The van der Waals surface area contributed by atoms with E-state index in [0.29, 0.717) is 17.5 Å². The first-order chi connectivity index (χ1) is 24.6. The maximum absolute atomic E-state index is 13.5. The van der Waals surface area contributed by atoms with Crippen LogP contribution in [0.4, 0.5) is 0 Å². The molecule has 0 aliphatic heterocycles. The number of nitrogens with one attached hydrogen (secondary N) is 2. The van der Waals surface area contributed by atoms with Crippen LogP contribution in [0, 0.1) is 0 Å². The van der Waals surface area contributed by atoms with E-state index in [9.17, 15) is 9.90 Å². The molecule has 0 aliphatic carbocycles. The minimum Gasteiger partial charge on any atom is -0.394 e. The second-order valence-corrected chi connectivity index (χ2v) is 12.3. The van der Waals surface area contributed by atoms with Crippen molar-refractivity contribution in [3.63, 3.8) is 0 Å². The first kappa shape index (κ1) is 30.9. The molecule has 3 N–H and O–H groups in total.